The average Bonchev–Trinajstić information content (AvgIpc) is 2.27. The van der Waals surface area contributed by atoms with E-state index in [-0.39, 0.29) is 17.9 Å². The quantitative estimate of drug-likeness (QED) is 0.763. The SMILES string of the molecule is CC(C)CC1NC(=O)C2(CCCCC2)NC1=O. The zero-order valence-corrected chi connectivity index (χ0v) is 10.7. The summed E-state index contributed by atoms with van der Waals surface area (Å²) >= 11 is 0. The molecule has 0 aromatic rings. The Kier molecular flexibility index (Phi) is 3.40. The fourth-order valence-electron chi connectivity index (χ4n) is 2.89. The maximum Gasteiger partial charge on any atom is 0.246 e. The van der Waals surface area contributed by atoms with E-state index in [4.69, 9.17) is 0 Å². The molecule has 17 heavy (non-hydrogen) atoms. The molecule has 1 atom stereocenters. The van der Waals surface area contributed by atoms with Crippen molar-refractivity contribution in [1.29, 1.82) is 0 Å². The number of rotatable bonds is 2. The van der Waals surface area contributed by atoms with Crippen LogP contribution in [0.3, 0.4) is 0 Å². The molecule has 0 radical (unpaired) electrons. The fourth-order valence-corrected chi connectivity index (χ4v) is 2.89. The minimum atomic E-state index is -0.594. The van der Waals surface area contributed by atoms with Crippen LogP contribution in [0.25, 0.3) is 0 Å². The molecule has 1 unspecified atom stereocenters. The van der Waals surface area contributed by atoms with Crippen molar-refractivity contribution in [3.63, 3.8) is 0 Å². The zero-order chi connectivity index (χ0) is 12.5. The second-order valence-electron chi connectivity index (χ2n) is 5.79. The van der Waals surface area contributed by atoms with Crippen molar-refractivity contribution in [2.24, 2.45) is 5.92 Å². The number of hydrogen-bond acceptors (Lipinski definition) is 2. The van der Waals surface area contributed by atoms with E-state index in [1.165, 1.54) is 6.42 Å². The van der Waals surface area contributed by atoms with Crippen molar-refractivity contribution in [3.8, 4) is 0 Å². The van der Waals surface area contributed by atoms with E-state index in [2.05, 4.69) is 24.5 Å². The molecule has 1 heterocycles. The summed E-state index contributed by atoms with van der Waals surface area (Å²) in [5.74, 6) is 0.439. The summed E-state index contributed by atoms with van der Waals surface area (Å²) in [6.07, 6.45) is 5.52. The molecule has 2 aliphatic rings. The number of hydrogen-bond donors (Lipinski definition) is 2. The van der Waals surface area contributed by atoms with E-state index in [0.717, 1.165) is 25.7 Å². The summed E-state index contributed by atoms with van der Waals surface area (Å²) in [5, 5.41) is 5.89. The second kappa shape index (κ2) is 4.67. The Labute approximate surface area is 103 Å². The van der Waals surface area contributed by atoms with Crippen LogP contribution in [0.1, 0.15) is 52.4 Å². The molecule has 4 nitrogen and oxygen atoms in total. The van der Waals surface area contributed by atoms with E-state index in [1.54, 1.807) is 0 Å². The van der Waals surface area contributed by atoms with E-state index in [9.17, 15) is 9.59 Å². The summed E-state index contributed by atoms with van der Waals surface area (Å²) in [5.41, 5.74) is -0.594. The van der Waals surface area contributed by atoms with Crippen molar-refractivity contribution in [2.45, 2.75) is 64.0 Å². The van der Waals surface area contributed by atoms with Gasteiger partial charge in [0.25, 0.3) is 0 Å². The van der Waals surface area contributed by atoms with Crippen molar-refractivity contribution < 1.29 is 9.59 Å². The lowest BCUT2D eigenvalue weighted by Crippen LogP contribution is -2.69. The molecule has 0 aromatic carbocycles. The van der Waals surface area contributed by atoms with Gasteiger partial charge in [0, 0.05) is 0 Å². The topological polar surface area (TPSA) is 58.2 Å². The first-order valence-electron chi connectivity index (χ1n) is 6.66. The molecule has 1 aliphatic carbocycles. The Morgan fingerprint density at radius 3 is 2.47 bits per heavy atom. The number of carbonyl (C=O) groups excluding carboxylic acids is 2. The Balaban J connectivity index is 2.06. The van der Waals surface area contributed by atoms with E-state index in [0.29, 0.717) is 12.3 Å². The summed E-state index contributed by atoms with van der Waals surface area (Å²) in [6.45, 7) is 4.12. The normalized spacial score (nSPS) is 28.1. The number of nitrogens with one attached hydrogen (secondary N) is 2. The van der Waals surface area contributed by atoms with Gasteiger partial charge >= 0.3 is 0 Å². The van der Waals surface area contributed by atoms with Gasteiger partial charge in [-0.05, 0) is 25.2 Å². The molecule has 1 saturated carbocycles. The molecule has 2 rings (SSSR count). The van der Waals surface area contributed by atoms with Crippen molar-refractivity contribution in [2.75, 3.05) is 0 Å². The van der Waals surface area contributed by atoms with Crippen LogP contribution >= 0.6 is 0 Å². The summed E-state index contributed by atoms with van der Waals surface area (Å²) < 4.78 is 0. The van der Waals surface area contributed by atoms with Crippen LogP contribution in [0.4, 0.5) is 0 Å². The Hall–Kier alpha value is -1.06. The van der Waals surface area contributed by atoms with Gasteiger partial charge in [-0.25, -0.2) is 0 Å². The van der Waals surface area contributed by atoms with E-state index in [1.807, 2.05) is 0 Å². The number of piperazine rings is 1. The molecule has 2 fully saturated rings. The van der Waals surface area contributed by atoms with Crippen LogP contribution in [0.5, 0.6) is 0 Å². The Bertz CT molecular complexity index is 319. The predicted octanol–water partition coefficient (Wildman–Crippen LogP) is 1.35. The largest absolute Gasteiger partial charge is 0.342 e. The molecule has 1 aliphatic heterocycles. The van der Waals surface area contributed by atoms with Gasteiger partial charge in [-0.1, -0.05) is 33.1 Å². The number of amides is 2. The van der Waals surface area contributed by atoms with Gasteiger partial charge < -0.3 is 10.6 Å². The van der Waals surface area contributed by atoms with Crippen LogP contribution in [0.15, 0.2) is 0 Å². The molecular formula is C13H22N2O2. The molecule has 2 N–H and O–H groups in total. The molecule has 2 amide bonds. The third kappa shape index (κ3) is 2.45. The third-order valence-corrected chi connectivity index (χ3v) is 3.83. The van der Waals surface area contributed by atoms with Crippen LogP contribution in [-0.2, 0) is 9.59 Å². The molecule has 0 bridgehead atoms. The lowest BCUT2D eigenvalue weighted by molar-refractivity contribution is -0.143. The van der Waals surface area contributed by atoms with Crippen LogP contribution in [0, 0.1) is 5.92 Å². The molecule has 4 heteroatoms. The highest BCUT2D eigenvalue weighted by molar-refractivity contribution is 5.99. The van der Waals surface area contributed by atoms with Crippen LogP contribution in [0.2, 0.25) is 0 Å². The highest BCUT2D eigenvalue weighted by Gasteiger charge is 2.46. The first-order chi connectivity index (χ1) is 8.03. The second-order valence-corrected chi connectivity index (χ2v) is 5.79. The van der Waals surface area contributed by atoms with Gasteiger partial charge in [-0.2, -0.15) is 0 Å². The van der Waals surface area contributed by atoms with Gasteiger partial charge in [0.2, 0.25) is 11.8 Å². The van der Waals surface area contributed by atoms with Crippen LogP contribution < -0.4 is 10.6 Å². The van der Waals surface area contributed by atoms with E-state index >= 15 is 0 Å². The smallest absolute Gasteiger partial charge is 0.246 e. The Morgan fingerprint density at radius 1 is 1.24 bits per heavy atom. The lowest BCUT2D eigenvalue weighted by Gasteiger charge is -2.42. The zero-order valence-electron chi connectivity index (χ0n) is 10.7. The standard InChI is InChI=1S/C13H22N2O2/c1-9(2)8-10-11(16)15-13(12(17)14-10)6-4-3-5-7-13/h9-10H,3-8H2,1-2H3,(H,14,17)(H,15,16). The van der Waals surface area contributed by atoms with Gasteiger partial charge in [0.15, 0.2) is 0 Å². The first kappa shape index (κ1) is 12.4. The average molecular weight is 238 g/mol. The Morgan fingerprint density at radius 2 is 1.88 bits per heavy atom. The maximum atomic E-state index is 12.2. The molecule has 1 spiro atoms. The van der Waals surface area contributed by atoms with Crippen molar-refractivity contribution in [1.82, 2.24) is 10.6 Å². The van der Waals surface area contributed by atoms with Gasteiger partial charge in [-0.15, -0.1) is 0 Å². The lowest BCUT2D eigenvalue weighted by atomic mass is 9.79. The summed E-state index contributed by atoms with van der Waals surface area (Å²) in [4.78, 5) is 24.2. The third-order valence-electron chi connectivity index (χ3n) is 3.83. The van der Waals surface area contributed by atoms with Gasteiger partial charge in [0.05, 0.1) is 0 Å². The molecule has 0 aromatic heterocycles. The van der Waals surface area contributed by atoms with Crippen LogP contribution in [-0.4, -0.2) is 23.4 Å². The monoisotopic (exact) mass is 238 g/mol. The van der Waals surface area contributed by atoms with Gasteiger partial charge in [0.1, 0.15) is 11.6 Å². The number of carbonyl (C=O) groups is 2. The highest BCUT2D eigenvalue weighted by Crippen LogP contribution is 2.30. The molecular weight excluding hydrogens is 216 g/mol. The minimum absolute atomic E-state index is 0.000185. The molecule has 1 saturated heterocycles. The fraction of sp³-hybridized carbons (Fsp3) is 0.846. The summed E-state index contributed by atoms with van der Waals surface area (Å²) in [6, 6.07) is -0.338. The highest BCUT2D eigenvalue weighted by atomic mass is 16.2. The predicted molar refractivity (Wildman–Crippen MR) is 65.3 cm³/mol. The van der Waals surface area contributed by atoms with Crippen molar-refractivity contribution >= 4 is 11.8 Å². The minimum Gasteiger partial charge on any atom is -0.342 e. The van der Waals surface area contributed by atoms with E-state index < -0.39 is 5.54 Å². The molecule has 96 valence electrons. The maximum absolute atomic E-state index is 12.2. The summed E-state index contributed by atoms with van der Waals surface area (Å²) in [7, 11) is 0. The van der Waals surface area contributed by atoms with Gasteiger partial charge in [-0.3, -0.25) is 9.59 Å². The first-order valence-corrected chi connectivity index (χ1v) is 6.66. The van der Waals surface area contributed by atoms with Crippen molar-refractivity contribution in [3.05, 3.63) is 0 Å².